The summed E-state index contributed by atoms with van der Waals surface area (Å²) in [5.41, 5.74) is 0. The summed E-state index contributed by atoms with van der Waals surface area (Å²) in [4.78, 5) is 2.71. The van der Waals surface area contributed by atoms with Crippen molar-refractivity contribution in [2.45, 2.75) is 52.0 Å². The molecule has 2 unspecified atom stereocenters. The monoisotopic (exact) mass is 224 g/mol. The van der Waals surface area contributed by atoms with Crippen LogP contribution < -0.4 is 5.32 Å². The number of rotatable bonds is 3. The van der Waals surface area contributed by atoms with Gasteiger partial charge in [0.2, 0.25) is 0 Å². The minimum atomic E-state index is 0.703. The van der Waals surface area contributed by atoms with E-state index >= 15 is 0 Å². The number of nitrogens with zero attached hydrogens (tertiary/aromatic N) is 1. The van der Waals surface area contributed by atoms with Gasteiger partial charge in [-0.15, -0.1) is 0 Å². The molecule has 2 aliphatic rings. The van der Waals surface area contributed by atoms with Crippen LogP contribution in [-0.2, 0) is 0 Å². The summed E-state index contributed by atoms with van der Waals surface area (Å²) in [6.45, 7) is 9.84. The molecule has 0 aromatic carbocycles. The Morgan fingerprint density at radius 3 is 2.69 bits per heavy atom. The van der Waals surface area contributed by atoms with E-state index in [0.29, 0.717) is 6.04 Å². The van der Waals surface area contributed by atoms with Crippen molar-refractivity contribution in [2.24, 2.45) is 11.8 Å². The quantitative estimate of drug-likeness (QED) is 0.792. The van der Waals surface area contributed by atoms with Crippen LogP contribution in [0, 0.1) is 11.8 Å². The average Bonchev–Trinajstić information content (AvgIpc) is 2.18. The van der Waals surface area contributed by atoms with Gasteiger partial charge in [-0.25, -0.2) is 0 Å². The van der Waals surface area contributed by atoms with Gasteiger partial charge >= 0.3 is 0 Å². The van der Waals surface area contributed by atoms with Crippen LogP contribution in [0.1, 0.15) is 46.0 Å². The molecule has 2 rings (SSSR count). The highest BCUT2D eigenvalue weighted by Gasteiger charge is 2.20. The molecule has 94 valence electrons. The molecule has 2 nitrogen and oxygen atoms in total. The van der Waals surface area contributed by atoms with Gasteiger partial charge in [0.15, 0.2) is 0 Å². The van der Waals surface area contributed by atoms with Gasteiger partial charge in [-0.05, 0) is 51.2 Å². The lowest BCUT2D eigenvalue weighted by Crippen LogP contribution is -2.43. The summed E-state index contributed by atoms with van der Waals surface area (Å²) in [5, 5.41) is 3.62. The molecule has 0 spiro atoms. The summed E-state index contributed by atoms with van der Waals surface area (Å²) in [7, 11) is 0. The van der Waals surface area contributed by atoms with E-state index in [0.717, 1.165) is 11.8 Å². The van der Waals surface area contributed by atoms with Gasteiger partial charge in [-0.3, -0.25) is 0 Å². The zero-order valence-electron chi connectivity index (χ0n) is 11.0. The van der Waals surface area contributed by atoms with Gasteiger partial charge in [0, 0.05) is 12.6 Å². The summed E-state index contributed by atoms with van der Waals surface area (Å²) in [5.74, 6) is 1.88. The minimum absolute atomic E-state index is 0.703. The Labute approximate surface area is 101 Å². The summed E-state index contributed by atoms with van der Waals surface area (Å²) < 4.78 is 0. The largest absolute Gasteiger partial charge is 0.314 e. The molecule has 1 heterocycles. The van der Waals surface area contributed by atoms with Crippen molar-refractivity contribution in [1.82, 2.24) is 10.2 Å². The SMILES string of the molecule is CC1CNC(C)CCN(CCC2CCC2)C1. The Hall–Kier alpha value is -0.0800. The van der Waals surface area contributed by atoms with E-state index in [1.807, 2.05) is 0 Å². The second-order valence-electron chi connectivity index (χ2n) is 6.09. The third kappa shape index (κ3) is 3.74. The maximum absolute atomic E-state index is 3.62. The van der Waals surface area contributed by atoms with Crippen LogP contribution in [0.2, 0.25) is 0 Å². The fourth-order valence-corrected chi connectivity index (χ4v) is 2.83. The standard InChI is InChI=1S/C14H28N2/c1-12-10-15-13(2)6-8-16(11-12)9-7-14-4-3-5-14/h12-15H,3-11H2,1-2H3. The van der Waals surface area contributed by atoms with Crippen molar-refractivity contribution in [3.05, 3.63) is 0 Å². The summed E-state index contributed by atoms with van der Waals surface area (Å²) in [6.07, 6.45) is 7.26. The lowest BCUT2D eigenvalue weighted by molar-refractivity contribution is 0.173. The van der Waals surface area contributed by atoms with Crippen molar-refractivity contribution in [3.63, 3.8) is 0 Å². The topological polar surface area (TPSA) is 15.3 Å². The third-order valence-electron chi connectivity index (χ3n) is 4.34. The molecule has 0 aromatic rings. The summed E-state index contributed by atoms with van der Waals surface area (Å²) in [6, 6.07) is 0.703. The number of hydrogen-bond acceptors (Lipinski definition) is 2. The first-order valence-corrected chi connectivity index (χ1v) is 7.20. The predicted molar refractivity (Wildman–Crippen MR) is 69.6 cm³/mol. The predicted octanol–water partition coefficient (Wildman–Crippen LogP) is 2.50. The van der Waals surface area contributed by atoms with Crippen LogP contribution in [0.15, 0.2) is 0 Å². The minimum Gasteiger partial charge on any atom is -0.314 e. The molecule has 2 fully saturated rings. The van der Waals surface area contributed by atoms with Crippen LogP contribution in [-0.4, -0.2) is 37.1 Å². The van der Waals surface area contributed by atoms with E-state index in [-0.39, 0.29) is 0 Å². The molecule has 0 radical (unpaired) electrons. The van der Waals surface area contributed by atoms with Gasteiger partial charge in [-0.1, -0.05) is 26.2 Å². The molecule has 1 aliphatic heterocycles. The van der Waals surface area contributed by atoms with E-state index in [1.54, 1.807) is 0 Å². The van der Waals surface area contributed by atoms with E-state index in [9.17, 15) is 0 Å². The van der Waals surface area contributed by atoms with E-state index in [4.69, 9.17) is 0 Å². The van der Waals surface area contributed by atoms with Gasteiger partial charge in [0.05, 0.1) is 0 Å². The highest BCUT2D eigenvalue weighted by atomic mass is 15.1. The first-order valence-electron chi connectivity index (χ1n) is 7.20. The smallest absolute Gasteiger partial charge is 0.00510 e. The average molecular weight is 224 g/mol. The van der Waals surface area contributed by atoms with E-state index in [2.05, 4.69) is 24.1 Å². The van der Waals surface area contributed by atoms with Crippen LogP contribution in [0.3, 0.4) is 0 Å². The molecule has 1 saturated carbocycles. The van der Waals surface area contributed by atoms with Crippen molar-refractivity contribution in [2.75, 3.05) is 26.2 Å². The van der Waals surface area contributed by atoms with Crippen LogP contribution in [0.4, 0.5) is 0 Å². The van der Waals surface area contributed by atoms with Gasteiger partial charge in [-0.2, -0.15) is 0 Å². The zero-order chi connectivity index (χ0) is 11.4. The molecule has 2 atom stereocenters. The Bertz CT molecular complexity index is 201. The van der Waals surface area contributed by atoms with Crippen LogP contribution in [0.5, 0.6) is 0 Å². The second kappa shape index (κ2) is 6.02. The molecule has 1 aliphatic carbocycles. The lowest BCUT2D eigenvalue weighted by Gasteiger charge is -2.33. The molecular formula is C14H28N2. The fourth-order valence-electron chi connectivity index (χ4n) is 2.83. The highest BCUT2D eigenvalue weighted by Crippen LogP contribution is 2.29. The molecule has 2 heteroatoms. The number of hydrogen-bond donors (Lipinski definition) is 1. The Balaban J connectivity index is 1.72. The second-order valence-corrected chi connectivity index (χ2v) is 6.09. The van der Waals surface area contributed by atoms with E-state index < -0.39 is 0 Å². The first kappa shape index (κ1) is 12.4. The van der Waals surface area contributed by atoms with E-state index in [1.165, 1.54) is 58.3 Å². The van der Waals surface area contributed by atoms with Gasteiger partial charge < -0.3 is 10.2 Å². The lowest BCUT2D eigenvalue weighted by atomic mass is 9.83. The normalized spacial score (nSPS) is 34.1. The van der Waals surface area contributed by atoms with Crippen molar-refractivity contribution in [3.8, 4) is 0 Å². The summed E-state index contributed by atoms with van der Waals surface area (Å²) >= 11 is 0. The van der Waals surface area contributed by atoms with Crippen LogP contribution >= 0.6 is 0 Å². The highest BCUT2D eigenvalue weighted by molar-refractivity contribution is 4.76. The Morgan fingerprint density at radius 2 is 2.00 bits per heavy atom. The zero-order valence-corrected chi connectivity index (χ0v) is 11.0. The third-order valence-corrected chi connectivity index (χ3v) is 4.34. The molecule has 0 aromatic heterocycles. The van der Waals surface area contributed by atoms with Crippen LogP contribution in [0.25, 0.3) is 0 Å². The first-order chi connectivity index (χ1) is 7.74. The molecule has 0 amide bonds. The fraction of sp³-hybridized carbons (Fsp3) is 1.00. The molecule has 1 N–H and O–H groups in total. The molecule has 16 heavy (non-hydrogen) atoms. The Kier molecular flexibility index (Phi) is 4.66. The van der Waals surface area contributed by atoms with Gasteiger partial charge in [0.1, 0.15) is 0 Å². The molecular weight excluding hydrogens is 196 g/mol. The van der Waals surface area contributed by atoms with Gasteiger partial charge in [0.25, 0.3) is 0 Å². The maximum Gasteiger partial charge on any atom is 0.00510 e. The molecule has 1 saturated heterocycles. The maximum atomic E-state index is 3.62. The van der Waals surface area contributed by atoms with Crippen molar-refractivity contribution in [1.29, 1.82) is 0 Å². The number of nitrogens with one attached hydrogen (secondary N) is 1. The van der Waals surface area contributed by atoms with Crippen molar-refractivity contribution >= 4 is 0 Å². The molecule has 0 bridgehead atoms. The Morgan fingerprint density at radius 1 is 1.19 bits per heavy atom. The van der Waals surface area contributed by atoms with Crippen molar-refractivity contribution < 1.29 is 0 Å².